The van der Waals surface area contributed by atoms with Gasteiger partial charge in [-0.15, -0.1) is 0 Å². The van der Waals surface area contributed by atoms with Crippen molar-refractivity contribution in [3.63, 3.8) is 0 Å². The molecule has 0 spiro atoms. The second-order valence-electron chi connectivity index (χ2n) is 5.32. The fourth-order valence-electron chi connectivity index (χ4n) is 2.63. The highest BCUT2D eigenvalue weighted by Crippen LogP contribution is 2.29. The van der Waals surface area contributed by atoms with Crippen LogP contribution in [0.25, 0.3) is 11.5 Å². The monoisotopic (exact) mass is 284 g/mol. The maximum Gasteiger partial charge on any atom is 0.180 e. The molecule has 3 rings (SSSR count). The van der Waals surface area contributed by atoms with Gasteiger partial charge in [0.2, 0.25) is 0 Å². The summed E-state index contributed by atoms with van der Waals surface area (Å²) in [5.41, 5.74) is 3.09. The van der Waals surface area contributed by atoms with Gasteiger partial charge in [-0.2, -0.15) is 0 Å². The van der Waals surface area contributed by atoms with Crippen LogP contribution in [-0.4, -0.2) is 32.7 Å². The average molecular weight is 284 g/mol. The number of nitrogens with zero attached hydrogens (tertiary/aromatic N) is 3. The molecule has 0 radical (unpaired) electrons. The van der Waals surface area contributed by atoms with E-state index < -0.39 is 0 Å². The van der Waals surface area contributed by atoms with Crippen LogP contribution in [0.2, 0.25) is 0 Å². The van der Waals surface area contributed by atoms with E-state index in [2.05, 4.69) is 27.2 Å². The zero-order chi connectivity index (χ0) is 14.7. The molecule has 2 heterocycles. The minimum atomic E-state index is 0.0289. The minimum Gasteiger partial charge on any atom is -0.394 e. The summed E-state index contributed by atoms with van der Waals surface area (Å²) in [4.78, 5) is 13.7. The quantitative estimate of drug-likeness (QED) is 0.881. The third-order valence-corrected chi connectivity index (χ3v) is 3.88. The summed E-state index contributed by atoms with van der Waals surface area (Å²) in [6.45, 7) is 2.16. The molecule has 0 amide bonds. The highest BCUT2D eigenvalue weighted by molar-refractivity contribution is 5.58. The standard InChI is InChI=1S/C16H20N4O/c1-2-11(10-21)18-15-12-6-5-8-13(12)19-16(20-15)14-7-3-4-9-17-14/h3-4,7,9,11,21H,2,5-6,8,10H2,1H3,(H,18,19,20)/t11-/m0/s1. The number of hydrogen-bond acceptors (Lipinski definition) is 5. The number of aromatic nitrogens is 3. The molecule has 0 aromatic carbocycles. The highest BCUT2D eigenvalue weighted by Gasteiger charge is 2.21. The predicted octanol–water partition coefficient (Wildman–Crippen LogP) is 2.21. The van der Waals surface area contributed by atoms with E-state index in [1.165, 1.54) is 5.56 Å². The molecule has 1 aliphatic rings. The first kappa shape index (κ1) is 13.9. The summed E-state index contributed by atoms with van der Waals surface area (Å²) in [5, 5.41) is 12.8. The van der Waals surface area contributed by atoms with E-state index in [1.54, 1.807) is 6.20 Å². The van der Waals surface area contributed by atoms with Gasteiger partial charge in [-0.25, -0.2) is 9.97 Å². The zero-order valence-corrected chi connectivity index (χ0v) is 12.2. The second-order valence-corrected chi connectivity index (χ2v) is 5.32. The van der Waals surface area contributed by atoms with Crippen LogP contribution >= 0.6 is 0 Å². The number of aliphatic hydroxyl groups excluding tert-OH is 1. The third-order valence-electron chi connectivity index (χ3n) is 3.88. The van der Waals surface area contributed by atoms with Crippen LogP contribution in [0.1, 0.15) is 31.0 Å². The largest absolute Gasteiger partial charge is 0.394 e. The lowest BCUT2D eigenvalue weighted by molar-refractivity contribution is 0.271. The number of pyridine rings is 1. The molecule has 0 unspecified atom stereocenters. The first-order valence-corrected chi connectivity index (χ1v) is 7.50. The molecule has 110 valence electrons. The minimum absolute atomic E-state index is 0.0289. The van der Waals surface area contributed by atoms with Gasteiger partial charge < -0.3 is 10.4 Å². The molecule has 0 fully saturated rings. The molecule has 5 heteroatoms. The molecule has 2 N–H and O–H groups in total. The van der Waals surface area contributed by atoms with Crippen molar-refractivity contribution in [2.75, 3.05) is 11.9 Å². The third kappa shape index (κ3) is 2.88. The van der Waals surface area contributed by atoms with E-state index in [-0.39, 0.29) is 12.6 Å². The topological polar surface area (TPSA) is 70.9 Å². The molecule has 2 aromatic rings. The number of rotatable bonds is 5. The van der Waals surface area contributed by atoms with Gasteiger partial charge in [-0.05, 0) is 37.8 Å². The van der Waals surface area contributed by atoms with Crippen molar-refractivity contribution in [1.82, 2.24) is 15.0 Å². The van der Waals surface area contributed by atoms with Crippen LogP contribution < -0.4 is 5.32 Å². The maximum atomic E-state index is 9.40. The Bertz CT molecular complexity index is 611. The molecule has 1 aliphatic carbocycles. The molecule has 0 aliphatic heterocycles. The number of anilines is 1. The molecule has 0 bridgehead atoms. The van der Waals surface area contributed by atoms with Gasteiger partial charge in [-0.1, -0.05) is 13.0 Å². The second kappa shape index (κ2) is 6.18. The lowest BCUT2D eigenvalue weighted by atomic mass is 10.2. The lowest BCUT2D eigenvalue weighted by Gasteiger charge is -2.18. The van der Waals surface area contributed by atoms with Crippen molar-refractivity contribution in [2.24, 2.45) is 0 Å². The molecular formula is C16H20N4O. The van der Waals surface area contributed by atoms with Crippen molar-refractivity contribution in [3.8, 4) is 11.5 Å². The van der Waals surface area contributed by atoms with Crippen LogP contribution in [-0.2, 0) is 12.8 Å². The van der Waals surface area contributed by atoms with Crippen molar-refractivity contribution < 1.29 is 5.11 Å². The molecule has 0 saturated heterocycles. The van der Waals surface area contributed by atoms with Crippen LogP contribution in [0, 0.1) is 0 Å². The SMILES string of the molecule is CC[C@@H](CO)Nc1nc(-c2ccccn2)nc2c1CCC2. The Morgan fingerprint density at radius 3 is 2.90 bits per heavy atom. The van der Waals surface area contributed by atoms with E-state index in [4.69, 9.17) is 0 Å². The zero-order valence-electron chi connectivity index (χ0n) is 12.2. The fraction of sp³-hybridized carbons (Fsp3) is 0.438. The first-order chi connectivity index (χ1) is 10.3. The van der Waals surface area contributed by atoms with E-state index in [1.807, 2.05) is 18.2 Å². The van der Waals surface area contributed by atoms with Gasteiger partial charge in [-0.3, -0.25) is 4.98 Å². The number of aliphatic hydroxyl groups is 1. The van der Waals surface area contributed by atoms with Crippen molar-refractivity contribution in [1.29, 1.82) is 0 Å². The van der Waals surface area contributed by atoms with Gasteiger partial charge in [0, 0.05) is 17.5 Å². The number of fused-ring (bicyclic) bond motifs is 1. The number of aryl methyl sites for hydroxylation is 1. The lowest BCUT2D eigenvalue weighted by Crippen LogP contribution is -2.24. The van der Waals surface area contributed by atoms with Gasteiger partial charge in [0.1, 0.15) is 11.5 Å². The molecule has 5 nitrogen and oxygen atoms in total. The molecule has 2 aromatic heterocycles. The van der Waals surface area contributed by atoms with Crippen molar-refractivity contribution >= 4 is 5.82 Å². The summed E-state index contributed by atoms with van der Waals surface area (Å²) in [5.74, 6) is 1.52. The Kier molecular flexibility index (Phi) is 4.10. The van der Waals surface area contributed by atoms with Crippen molar-refractivity contribution in [3.05, 3.63) is 35.7 Å². The van der Waals surface area contributed by atoms with Gasteiger partial charge in [0.05, 0.1) is 12.6 Å². The fourth-order valence-corrected chi connectivity index (χ4v) is 2.63. The Morgan fingerprint density at radius 2 is 2.19 bits per heavy atom. The Hall–Kier alpha value is -2.01. The summed E-state index contributed by atoms with van der Waals surface area (Å²) in [7, 11) is 0. The predicted molar refractivity (Wildman–Crippen MR) is 82.1 cm³/mol. The summed E-state index contributed by atoms with van der Waals surface area (Å²) < 4.78 is 0. The Labute approximate surface area is 124 Å². The van der Waals surface area contributed by atoms with E-state index in [0.717, 1.165) is 42.9 Å². The summed E-state index contributed by atoms with van der Waals surface area (Å²) >= 11 is 0. The summed E-state index contributed by atoms with van der Waals surface area (Å²) in [6.07, 6.45) is 5.71. The smallest absolute Gasteiger partial charge is 0.180 e. The summed E-state index contributed by atoms with van der Waals surface area (Å²) in [6, 6.07) is 5.77. The first-order valence-electron chi connectivity index (χ1n) is 7.50. The number of nitrogens with one attached hydrogen (secondary N) is 1. The average Bonchev–Trinajstić information content (AvgIpc) is 3.02. The van der Waals surface area contributed by atoms with Crippen LogP contribution in [0.3, 0.4) is 0 Å². The van der Waals surface area contributed by atoms with Crippen LogP contribution in [0.5, 0.6) is 0 Å². The van der Waals surface area contributed by atoms with Crippen LogP contribution in [0.4, 0.5) is 5.82 Å². The highest BCUT2D eigenvalue weighted by atomic mass is 16.3. The van der Waals surface area contributed by atoms with Gasteiger partial charge >= 0.3 is 0 Å². The van der Waals surface area contributed by atoms with E-state index in [0.29, 0.717) is 5.82 Å². The van der Waals surface area contributed by atoms with E-state index >= 15 is 0 Å². The van der Waals surface area contributed by atoms with Gasteiger partial charge in [0.15, 0.2) is 5.82 Å². The van der Waals surface area contributed by atoms with Crippen LogP contribution in [0.15, 0.2) is 24.4 Å². The molecule has 1 atom stereocenters. The number of hydrogen-bond donors (Lipinski definition) is 2. The van der Waals surface area contributed by atoms with Gasteiger partial charge in [0.25, 0.3) is 0 Å². The Balaban J connectivity index is 2.00. The molecule has 21 heavy (non-hydrogen) atoms. The normalized spacial score (nSPS) is 14.8. The maximum absolute atomic E-state index is 9.40. The van der Waals surface area contributed by atoms with E-state index in [9.17, 15) is 5.11 Å². The molecular weight excluding hydrogens is 264 g/mol. The van der Waals surface area contributed by atoms with Crippen molar-refractivity contribution in [2.45, 2.75) is 38.6 Å². The Morgan fingerprint density at radius 1 is 1.29 bits per heavy atom. The molecule has 0 saturated carbocycles.